The fourth-order valence-electron chi connectivity index (χ4n) is 1.62. The fraction of sp³-hybridized carbons (Fsp3) is 0.462. The molecule has 100 valence electrons. The van der Waals surface area contributed by atoms with E-state index in [1.807, 2.05) is 30.3 Å². The molecule has 1 heterocycles. The molecule has 18 heavy (non-hydrogen) atoms. The molecule has 1 fully saturated rings. The summed E-state index contributed by atoms with van der Waals surface area (Å²) >= 11 is 0. The van der Waals surface area contributed by atoms with Gasteiger partial charge in [-0.25, -0.2) is 0 Å². The zero-order chi connectivity index (χ0) is 11.9. The van der Waals surface area contributed by atoms with Gasteiger partial charge in [-0.3, -0.25) is 4.79 Å². The molecule has 0 atom stereocenters. The lowest BCUT2D eigenvalue weighted by Gasteiger charge is -2.27. The zero-order valence-corrected chi connectivity index (χ0v) is 11.0. The standard InChI is InChI=1S/C13H18N2O2.ClH/c16-13(15-10-11-8-14-9-11)6-7-17-12-4-2-1-3-5-12;/h1-5,11,14H,6-10H2,(H,15,16);1H. The van der Waals surface area contributed by atoms with Crippen molar-refractivity contribution in [1.29, 1.82) is 0 Å². The van der Waals surface area contributed by atoms with Gasteiger partial charge >= 0.3 is 0 Å². The third-order valence-corrected chi connectivity index (χ3v) is 2.79. The van der Waals surface area contributed by atoms with Gasteiger partial charge < -0.3 is 15.4 Å². The topological polar surface area (TPSA) is 50.4 Å². The van der Waals surface area contributed by atoms with Crippen LogP contribution < -0.4 is 15.4 Å². The summed E-state index contributed by atoms with van der Waals surface area (Å²) in [7, 11) is 0. The highest BCUT2D eigenvalue weighted by Crippen LogP contribution is 2.08. The van der Waals surface area contributed by atoms with Crippen LogP contribution in [0.15, 0.2) is 30.3 Å². The lowest BCUT2D eigenvalue weighted by Crippen LogP contribution is -2.48. The smallest absolute Gasteiger partial charge is 0.223 e. The van der Waals surface area contributed by atoms with Crippen LogP contribution in [0.4, 0.5) is 0 Å². The first-order valence-electron chi connectivity index (χ1n) is 6.00. The minimum atomic E-state index is 0. The average Bonchev–Trinajstić information content (AvgIpc) is 2.28. The molecule has 4 nitrogen and oxygen atoms in total. The summed E-state index contributed by atoms with van der Waals surface area (Å²) in [6.45, 7) is 3.23. The highest BCUT2D eigenvalue weighted by molar-refractivity contribution is 5.85. The fourth-order valence-corrected chi connectivity index (χ4v) is 1.62. The van der Waals surface area contributed by atoms with Gasteiger partial charge in [0.25, 0.3) is 0 Å². The minimum absolute atomic E-state index is 0. The van der Waals surface area contributed by atoms with Crippen LogP contribution in [0.3, 0.4) is 0 Å². The summed E-state index contributed by atoms with van der Waals surface area (Å²) in [6.07, 6.45) is 0.412. The first kappa shape index (κ1) is 14.8. The van der Waals surface area contributed by atoms with Crippen LogP contribution in [0.5, 0.6) is 5.75 Å². The quantitative estimate of drug-likeness (QED) is 0.817. The first-order valence-corrected chi connectivity index (χ1v) is 6.00. The molecule has 2 rings (SSSR count). The van der Waals surface area contributed by atoms with Gasteiger partial charge in [0.2, 0.25) is 5.91 Å². The Kier molecular flexibility index (Phi) is 6.54. The number of hydrogen-bond acceptors (Lipinski definition) is 3. The predicted octanol–water partition coefficient (Wildman–Crippen LogP) is 1.21. The number of carbonyl (C=O) groups excluding carboxylic acids is 1. The van der Waals surface area contributed by atoms with E-state index in [1.54, 1.807) is 0 Å². The van der Waals surface area contributed by atoms with Gasteiger partial charge in [0.15, 0.2) is 0 Å². The molecule has 1 aromatic carbocycles. The van der Waals surface area contributed by atoms with Crippen molar-refractivity contribution in [1.82, 2.24) is 10.6 Å². The Labute approximate surface area is 114 Å². The minimum Gasteiger partial charge on any atom is -0.493 e. The SMILES string of the molecule is Cl.O=C(CCOc1ccccc1)NCC1CNC1. The van der Waals surface area contributed by atoms with E-state index in [4.69, 9.17) is 4.74 Å². The summed E-state index contributed by atoms with van der Waals surface area (Å²) in [4.78, 5) is 11.5. The van der Waals surface area contributed by atoms with Gasteiger partial charge in [-0.2, -0.15) is 0 Å². The van der Waals surface area contributed by atoms with Crippen LogP contribution in [0.1, 0.15) is 6.42 Å². The van der Waals surface area contributed by atoms with E-state index in [2.05, 4.69) is 10.6 Å². The molecule has 1 aliphatic heterocycles. The Morgan fingerprint density at radius 3 is 2.67 bits per heavy atom. The molecule has 0 aromatic heterocycles. The number of hydrogen-bond donors (Lipinski definition) is 2. The number of amides is 1. The third-order valence-electron chi connectivity index (χ3n) is 2.79. The highest BCUT2D eigenvalue weighted by atomic mass is 35.5. The van der Waals surface area contributed by atoms with Crippen LogP contribution in [-0.4, -0.2) is 32.1 Å². The van der Waals surface area contributed by atoms with Gasteiger partial charge in [-0.05, 0) is 12.1 Å². The molecule has 1 aromatic rings. The Morgan fingerprint density at radius 2 is 2.06 bits per heavy atom. The molecule has 0 saturated carbocycles. The Hall–Kier alpha value is -1.26. The third kappa shape index (κ3) is 4.94. The maximum atomic E-state index is 11.5. The van der Waals surface area contributed by atoms with Crippen molar-refractivity contribution in [2.45, 2.75) is 6.42 Å². The van der Waals surface area contributed by atoms with Crippen molar-refractivity contribution in [2.75, 3.05) is 26.2 Å². The lowest BCUT2D eigenvalue weighted by molar-refractivity contribution is -0.121. The largest absolute Gasteiger partial charge is 0.493 e. The number of benzene rings is 1. The second-order valence-electron chi connectivity index (χ2n) is 4.24. The molecule has 5 heteroatoms. The number of carbonyl (C=O) groups is 1. The first-order chi connectivity index (χ1) is 8.34. The number of para-hydroxylation sites is 1. The van der Waals surface area contributed by atoms with Crippen LogP contribution in [-0.2, 0) is 4.79 Å². The summed E-state index contributed by atoms with van der Waals surface area (Å²) in [5.74, 6) is 1.48. The summed E-state index contributed by atoms with van der Waals surface area (Å²) in [5, 5.41) is 6.09. The van der Waals surface area contributed by atoms with Crippen molar-refractivity contribution in [2.24, 2.45) is 5.92 Å². The van der Waals surface area contributed by atoms with E-state index in [0.717, 1.165) is 25.4 Å². The van der Waals surface area contributed by atoms with Crippen molar-refractivity contribution >= 4 is 18.3 Å². The molecule has 0 bridgehead atoms. The van der Waals surface area contributed by atoms with Gasteiger partial charge in [-0.15, -0.1) is 12.4 Å². The van der Waals surface area contributed by atoms with Crippen molar-refractivity contribution < 1.29 is 9.53 Å². The van der Waals surface area contributed by atoms with Crippen LogP contribution >= 0.6 is 12.4 Å². The second-order valence-corrected chi connectivity index (χ2v) is 4.24. The highest BCUT2D eigenvalue weighted by Gasteiger charge is 2.16. The van der Waals surface area contributed by atoms with Crippen molar-refractivity contribution in [3.05, 3.63) is 30.3 Å². The van der Waals surface area contributed by atoms with Crippen LogP contribution in [0.25, 0.3) is 0 Å². The van der Waals surface area contributed by atoms with Gasteiger partial charge in [0.05, 0.1) is 13.0 Å². The van der Waals surface area contributed by atoms with Gasteiger partial charge in [0.1, 0.15) is 5.75 Å². The van der Waals surface area contributed by atoms with E-state index < -0.39 is 0 Å². The molecule has 2 N–H and O–H groups in total. The molecular formula is C13H19ClN2O2. The van der Waals surface area contributed by atoms with E-state index in [0.29, 0.717) is 18.9 Å². The second kappa shape index (κ2) is 7.95. The molecule has 0 aliphatic carbocycles. The number of ether oxygens (including phenoxy) is 1. The Morgan fingerprint density at radius 1 is 1.33 bits per heavy atom. The summed E-state index contributed by atoms with van der Waals surface area (Å²) in [6, 6.07) is 9.54. The Balaban J connectivity index is 0.00000162. The number of rotatable bonds is 6. The maximum Gasteiger partial charge on any atom is 0.223 e. The van der Waals surface area contributed by atoms with Crippen molar-refractivity contribution in [3.63, 3.8) is 0 Å². The van der Waals surface area contributed by atoms with Crippen LogP contribution in [0, 0.1) is 5.92 Å². The molecule has 1 aliphatic rings. The summed E-state index contributed by atoms with van der Waals surface area (Å²) < 4.78 is 5.45. The summed E-state index contributed by atoms with van der Waals surface area (Å²) in [5.41, 5.74) is 0. The maximum absolute atomic E-state index is 11.5. The van der Waals surface area contributed by atoms with E-state index in [-0.39, 0.29) is 18.3 Å². The molecule has 1 amide bonds. The van der Waals surface area contributed by atoms with E-state index in [9.17, 15) is 4.79 Å². The molecule has 0 radical (unpaired) electrons. The van der Waals surface area contributed by atoms with E-state index in [1.165, 1.54) is 0 Å². The number of nitrogens with one attached hydrogen (secondary N) is 2. The monoisotopic (exact) mass is 270 g/mol. The average molecular weight is 271 g/mol. The zero-order valence-electron chi connectivity index (χ0n) is 10.2. The molecule has 0 unspecified atom stereocenters. The lowest BCUT2D eigenvalue weighted by atomic mass is 10.0. The van der Waals surface area contributed by atoms with Crippen molar-refractivity contribution in [3.8, 4) is 5.75 Å². The van der Waals surface area contributed by atoms with Gasteiger partial charge in [-0.1, -0.05) is 18.2 Å². The molecule has 0 spiro atoms. The number of halogens is 1. The van der Waals surface area contributed by atoms with Crippen LogP contribution in [0.2, 0.25) is 0 Å². The predicted molar refractivity (Wildman–Crippen MR) is 73.2 cm³/mol. The normalized spacial score (nSPS) is 14.2. The van der Waals surface area contributed by atoms with Gasteiger partial charge in [0, 0.05) is 25.6 Å². The molecule has 1 saturated heterocycles. The molecular weight excluding hydrogens is 252 g/mol. The Bertz CT molecular complexity index is 355. The van der Waals surface area contributed by atoms with E-state index >= 15 is 0 Å².